The van der Waals surface area contributed by atoms with E-state index in [4.69, 9.17) is 0 Å². The number of amides is 3. The second kappa shape index (κ2) is 9.99. The lowest BCUT2D eigenvalue weighted by Gasteiger charge is -2.36. The van der Waals surface area contributed by atoms with Gasteiger partial charge in [-0.05, 0) is 66.4 Å². The van der Waals surface area contributed by atoms with Crippen LogP contribution in [-0.4, -0.2) is 29.9 Å². The second-order valence-corrected chi connectivity index (χ2v) is 8.33. The number of aryl methyl sites for hydroxylation is 1. The lowest BCUT2D eigenvalue weighted by Crippen LogP contribution is -2.49. The van der Waals surface area contributed by atoms with Gasteiger partial charge in [-0.25, -0.2) is 18.0 Å². The maximum absolute atomic E-state index is 13.6. The highest BCUT2D eigenvalue weighted by atomic mass is 19.2. The van der Waals surface area contributed by atoms with Crippen molar-refractivity contribution in [2.45, 2.75) is 26.3 Å². The van der Waals surface area contributed by atoms with Gasteiger partial charge >= 0.3 is 6.03 Å². The maximum atomic E-state index is 13.6. The molecule has 0 radical (unpaired) electrons. The lowest BCUT2D eigenvalue weighted by molar-refractivity contribution is -0.115. The van der Waals surface area contributed by atoms with Gasteiger partial charge in [-0.3, -0.25) is 9.69 Å². The first-order valence-corrected chi connectivity index (χ1v) is 11.0. The van der Waals surface area contributed by atoms with Crippen molar-refractivity contribution in [1.82, 2.24) is 4.90 Å². The van der Waals surface area contributed by atoms with Crippen LogP contribution in [0.3, 0.4) is 0 Å². The molecule has 0 unspecified atom stereocenters. The Bertz CT molecular complexity index is 1210. The molecule has 1 N–H and O–H groups in total. The zero-order valence-corrected chi connectivity index (χ0v) is 18.7. The van der Waals surface area contributed by atoms with Gasteiger partial charge in [0.2, 0.25) is 5.91 Å². The molecule has 1 aliphatic heterocycles. The van der Waals surface area contributed by atoms with Gasteiger partial charge in [-0.1, -0.05) is 24.3 Å². The molecule has 0 aromatic heterocycles. The molecule has 0 spiro atoms. The molecule has 5 nitrogen and oxygen atoms in total. The SMILES string of the molecule is Cc1ccc(N2CCCN(Cc3ccc(F)c(F)c3)C2=O)c(NC(=O)Cc2ccc(F)cc2)c1. The average Bonchev–Trinajstić information content (AvgIpc) is 2.80. The smallest absolute Gasteiger partial charge is 0.324 e. The van der Waals surface area contributed by atoms with Crippen molar-refractivity contribution in [3.63, 3.8) is 0 Å². The van der Waals surface area contributed by atoms with Gasteiger partial charge in [0.05, 0.1) is 17.8 Å². The van der Waals surface area contributed by atoms with E-state index in [1.54, 1.807) is 34.1 Å². The highest BCUT2D eigenvalue weighted by molar-refractivity contribution is 6.01. The van der Waals surface area contributed by atoms with Crippen molar-refractivity contribution < 1.29 is 22.8 Å². The van der Waals surface area contributed by atoms with E-state index >= 15 is 0 Å². The predicted octanol–water partition coefficient (Wildman–Crippen LogP) is 5.43. The lowest BCUT2D eigenvalue weighted by atomic mass is 10.1. The van der Waals surface area contributed by atoms with E-state index in [2.05, 4.69) is 5.32 Å². The van der Waals surface area contributed by atoms with Crippen LogP contribution in [0, 0.1) is 24.4 Å². The molecule has 0 bridgehead atoms. The van der Waals surface area contributed by atoms with E-state index in [0.717, 1.165) is 17.7 Å². The third-order valence-corrected chi connectivity index (χ3v) is 5.66. The van der Waals surface area contributed by atoms with E-state index in [0.29, 0.717) is 42.0 Å². The highest BCUT2D eigenvalue weighted by Gasteiger charge is 2.29. The van der Waals surface area contributed by atoms with E-state index in [-0.39, 0.29) is 30.7 Å². The summed E-state index contributed by atoms with van der Waals surface area (Å²) in [4.78, 5) is 29.1. The van der Waals surface area contributed by atoms with E-state index < -0.39 is 11.6 Å². The number of carbonyl (C=O) groups excluding carboxylic acids is 2. The first kappa shape index (κ1) is 23.4. The molecule has 34 heavy (non-hydrogen) atoms. The molecule has 3 aromatic rings. The number of anilines is 2. The third kappa shape index (κ3) is 5.39. The third-order valence-electron chi connectivity index (χ3n) is 5.66. The Labute approximate surface area is 195 Å². The standard InChI is InChI=1S/C26H24F3N3O2/c1-17-3-10-24(23(13-17)30-25(33)15-18-4-7-20(27)8-5-18)32-12-2-11-31(26(32)34)16-19-6-9-21(28)22(29)14-19/h3-10,13-14H,2,11-12,15-16H2,1H3,(H,30,33). The summed E-state index contributed by atoms with van der Waals surface area (Å²) in [6.45, 7) is 2.96. The van der Waals surface area contributed by atoms with Gasteiger partial charge < -0.3 is 10.2 Å². The Morgan fingerprint density at radius 1 is 0.912 bits per heavy atom. The minimum absolute atomic E-state index is 0.0594. The van der Waals surface area contributed by atoms with Gasteiger partial charge in [0, 0.05) is 19.6 Å². The molecule has 3 aromatic carbocycles. The average molecular weight is 467 g/mol. The summed E-state index contributed by atoms with van der Waals surface area (Å²) in [6, 6.07) is 14.4. The summed E-state index contributed by atoms with van der Waals surface area (Å²) in [5.74, 6) is -2.55. The van der Waals surface area contributed by atoms with Crippen molar-refractivity contribution >= 4 is 23.3 Å². The minimum Gasteiger partial charge on any atom is -0.324 e. The van der Waals surface area contributed by atoms with Crippen LogP contribution in [0.15, 0.2) is 60.7 Å². The number of nitrogens with one attached hydrogen (secondary N) is 1. The summed E-state index contributed by atoms with van der Waals surface area (Å²) >= 11 is 0. The summed E-state index contributed by atoms with van der Waals surface area (Å²) in [6.07, 6.45) is 0.732. The highest BCUT2D eigenvalue weighted by Crippen LogP contribution is 2.30. The van der Waals surface area contributed by atoms with E-state index in [1.807, 2.05) is 13.0 Å². The molecule has 1 heterocycles. The molecule has 0 saturated carbocycles. The summed E-state index contributed by atoms with van der Waals surface area (Å²) < 4.78 is 40.0. The van der Waals surface area contributed by atoms with Crippen LogP contribution in [-0.2, 0) is 17.8 Å². The number of benzene rings is 3. The largest absolute Gasteiger partial charge is 0.324 e. The number of hydrogen-bond donors (Lipinski definition) is 1. The molecule has 176 valence electrons. The first-order valence-electron chi connectivity index (χ1n) is 11.0. The molecule has 3 amide bonds. The number of hydrogen-bond acceptors (Lipinski definition) is 2. The maximum Gasteiger partial charge on any atom is 0.324 e. The van der Waals surface area contributed by atoms with Crippen LogP contribution in [0.25, 0.3) is 0 Å². The number of nitrogens with zero attached hydrogens (tertiary/aromatic N) is 2. The van der Waals surface area contributed by atoms with Gasteiger partial charge in [0.1, 0.15) is 5.82 Å². The summed E-state index contributed by atoms with van der Waals surface area (Å²) in [5, 5.41) is 2.87. The van der Waals surface area contributed by atoms with Crippen LogP contribution in [0.2, 0.25) is 0 Å². The van der Waals surface area contributed by atoms with Crippen molar-refractivity contribution in [3.05, 3.63) is 94.8 Å². The van der Waals surface area contributed by atoms with Crippen molar-refractivity contribution in [1.29, 1.82) is 0 Å². The van der Waals surface area contributed by atoms with Crippen molar-refractivity contribution in [2.24, 2.45) is 0 Å². The molecule has 0 aliphatic carbocycles. The zero-order chi connectivity index (χ0) is 24.2. The molecule has 1 fully saturated rings. The molecule has 1 aliphatic rings. The molecule has 4 rings (SSSR count). The van der Waals surface area contributed by atoms with Gasteiger partial charge in [-0.2, -0.15) is 0 Å². The number of carbonyl (C=O) groups is 2. The van der Waals surface area contributed by atoms with Gasteiger partial charge in [0.25, 0.3) is 0 Å². The fraction of sp³-hybridized carbons (Fsp3) is 0.231. The monoisotopic (exact) mass is 467 g/mol. The van der Waals surface area contributed by atoms with Crippen LogP contribution in [0.5, 0.6) is 0 Å². The Morgan fingerprint density at radius 2 is 1.65 bits per heavy atom. The Hall–Kier alpha value is -3.81. The minimum atomic E-state index is -0.955. The molecule has 0 atom stereocenters. The molecular weight excluding hydrogens is 443 g/mol. The van der Waals surface area contributed by atoms with Crippen molar-refractivity contribution in [3.8, 4) is 0 Å². The summed E-state index contributed by atoms with van der Waals surface area (Å²) in [7, 11) is 0. The second-order valence-electron chi connectivity index (χ2n) is 8.33. The quantitative estimate of drug-likeness (QED) is 0.526. The number of urea groups is 1. The number of halogens is 3. The van der Waals surface area contributed by atoms with E-state index in [1.165, 1.54) is 18.2 Å². The van der Waals surface area contributed by atoms with Crippen LogP contribution < -0.4 is 10.2 Å². The Balaban J connectivity index is 1.52. The topological polar surface area (TPSA) is 52.6 Å². The van der Waals surface area contributed by atoms with Crippen molar-refractivity contribution in [2.75, 3.05) is 23.3 Å². The van der Waals surface area contributed by atoms with Crippen LogP contribution >= 0.6 is 0 Å². The Morgan fingerprint density at radius 3 is 2.38 bits per heavy atom. The normalized spacial score (nSPS) is 13.8. The predicted molar refractivity (Wildman–Crippen MR) is 124 cm³/mol. The first-order chi connectivity index (χ1) is 16.3. The number of rotatable bonds is 6. The summed E-state index contributed by atoms with van der Waals surface area (Å²) in [5.41, 5.74) is 3.11. The molecular formula is C26H24F3N3O2. The van der Waals surface area contributed by atoms with E-state index in [9.17, 15) is 22.8 Å². The Kier molecular flexibility index (Phi) is 6.86. The van der Waals surface area contributed by atoms with Gasteiger partial charge in [0.15, 0.2) is 11.6 Å². The molecule has 1 saturated heterocycles. The molecule has 8 heteroatoms. The van der Waals surface area contributed by atoms with Gasteiger partial charge in [-0.15, -0.1) is 0 Å². The van der Waals surface area contributed by atoms with Crippen LogP contribution in [0.1, 0.15) is 23.1 Å². The zero-order valence-electron chi connectivity index (χ0n) is 18.7. The fourth-order valence-corrected chi connectivity index (χ4v) is 3.98. The van der Waals surface area contributed by atoms with Crippen LogP contribution in [0.4, 0.5) is 29.3 Å². The fourth-order valence-electron chi connectivity index (χ4n) is 3.98.